The van der Waals surface area contributed by atoms with Crippen LogP contribution in [0, 0.1) is 0 Å². The Morgan fingerprint density at radius 2 is 2.10 bits per heavy atom. The summed E-state index contributed by atoms with van der Waals surface area (Å²) in [7, 11) is 1.87. The normalized spacial score (nSPS) is 14.4. The molecule has 1 aliphatic rings. The number of para-hydroxylation sites is 1. The number of nitrogens with one attached hydrogen (secondary N) is 2. The molecule has 0 spiro atoms. The predicted molar refractivity (Wildman–Crippen MR) is 80.0 cm³/mol. The number of pyridine rings is 1. The van der Waals surface area contributed by atoms with Crippen molar-refractivity contribution in [1.29, 1.82) is 0 Å². The Kier molecular flexibility index (Phi) is 3.65. The molecule has 20 heavy (non-hydrogen) atoms. The van der Waals surface area contributed by atoms with Gasteiger partial charge in [0.2, 0.25) is 0 Å². The Labute approximate surface area is 118 Å². The summed E-state index contributed by atoms with van der Waals surface area (Å²) in [4.78, 5) is 17.0. The number of hydrogen-bond donors (Lipinski definition) is 2. The summed E-state index contributed by atoms with van der Waals surface area (Å²) >= 11 is 0. The maximum Gasteiger partial charge on any atom is 0.252 e. The van der Waals surface area contributed by atoms with E-state index in [1.165, 1.54) is 12.8 Å². The van der Waals surface area contributed by atoms with Crippen LogP contribution in [0.25, 0.3) is 10.9 Å². The van der Waals surface area contributed by atoms with Crippen molar-refractivity contribution in [2.24, 2.45) is 0 Å². The van der Waals surface area contributed by atoms with Crippen LogP contribution in [0.2, 0.25) is 0 Å². The summed E-state index contributed by atoms with van der Waals surface area (Å²) in [5.41, 5.74) is 2.71. The van der Waals surface area contributed by atoms with Crippen molar-refractivity contribution in [3.05, 3.63) is 41.6 Å². The number of hydrogen-bond acceptors (Lipinski definition) is 3. The second-order valence-electron chi connectivity index (χ2n) is 5.25. The molecule has 0 bridgehead atoms. The molecular weight excluding hydrogens is 250 g/mol. The third kappa shape index (κ3) is 2.65. The van der Waals surface area contributed by atoms with Crippen LogP contribution in [0.5, 0.6) is 0 Å². The van der Waals surface area contributed by atoms with Crippen LogP contribution in [0.1, 0.15) is 34.8 Å². The maximum absolute atomic E-state index is 12.4. The Bertz CT molecular complexity index is 635. The Morgan fingerprint density at radius 3 is 2.85 bits per heavy atom. The second-order valence-corrected chi connectivity index (χ2v) is 5.25. The van der Waals surface area contributed by atoms with Gasteiger partial charge in [0.05, 0.1) is 11.1 Å². The molecule has 0 unspecified atom stereocenters. The van der Waals surface area contributed by atoms with Gasteiger partial charge < -0.3 is 10.6 Å². The van der Waals surface area contributed by atoms with E-state index in [1.807, 2.05) is 37.4 Å². The highest BCUT2D eigenvalue weighted by Crippen LogP contribution is 2.40. The quantitative estimate of drug-likeness (QED) is 0.817. The van der Waals surface area contributed by atoms with Crippen LogP contribution < -0.4 is 10.6 Å². The zero-order valence-electron chi connectivity index (χ0n) is 11.6. The third-order valence-corrected chi connectivity index (χ3v) is 3.64. The van der Waals surface area contributed by atoms with E-state index < -0.39 is 0 Å². The SMILES string of the molecule is CNCCNC(=O)c1cc(C2CC2)nc2ccccc12. The molecule has 1 amide bonds. The van der Waals surface area contributed by atoms with Gasteiger partial charge in [-0.1, -0.05) is 18.2 Å². The van der Waals surface area contributed by atoms with Gasteiger partial charge in [-0.05, 0) is 32.0 Å². The van der Waals surface area contributed by atoms with Crippen LogP contribution in [0.3, 0.4) is 0 Å². The number of nitrogens with zero attached hydrogens (tertiary/aromatic N) is 1. The molecule has 1 fully saturated rings. The molecule has 1 aliphatic carbocycles. The lowest BCUT2D eigenvalue weighted by molar-refractivity contribution is 0.0955. The van der Waals surface area contributed by atoms with Crippen molar-refractivity contribution in [3.63, 3.8) is 0 Å². The largest absolute Gasteiger partial charge is 0.351 e. The Morgan fingerprint density at radius 1 is 1.30 bits per heavy atom. The number of amides is 1. The topological polar surface area (TPSA) is 54.0 Å². The molecule has 1 heterocycles. The fourth-order valence-electron chi connectivity index (χ4n) is 2.37. The molecule has 104 valence electrons. The van der Waals surface area contributed by atoms with Gasteiger partial charge >= 0.3 is 0 Å². The van der Waals surface area contributed by atoms with Crippen molar-refractivity contribution in [1.82, 2.24) is 15.6 Å². The van der Waals surface area contributed by atoms with Gasteiger partial charge in [0.15, 0.2) is 0 Å². The molecular formula is C16H19N3O. The minimum atomic E-state index is -0.0132. The molecule has 2 aromatic rings. The first-order valence-electron chi connectivity index (χ1n) is 7.12. The summed E-state index contributed by atoms with van der Waals surface area (Å²) in [5, 5.41) is 6.90. The van der Waals surface area contributed by atoms with Gasteiger partial charge in [-0.15, -0.1) is 0 Å². The number of aromatic nitrogens is 1. The molecule has 3 rings (SSSR count). The second kappa shape index (κ2) is 5.59. The van der Waals surface area contributed by atoms with E-state index in [4.69, 9.17) is 0 Å². The molecule has 1 aromatic carbocycles. The zero-order chi connectivity index (χ0) is 13.9. The van der Waals surface area contributed by atoms with Gasteiger partial charge in [-0.3, -0.25) is 9.78 Å². The summed E-state index contributed by atoms with van der Waals surface area (Å²) in [6.45, 7) is 1.40. The minimum absolute atomic E-state index is 0.0132. The Hall–Kier alpha value is -1.94. The first-order chi connectivity index (χ1) is 9.79. The average Bonchev–Trinajstić information content (AvgIpc) is 3.31. The summed E-state index contributed by atoms with van der Waals surface area (Å²) in [5.74, 6) is 0.532. The minimum Gasteiger partial charge on any atom is -0.351 e. The van der Waals surface area contributed by atoms with E-state index in [-0.39, 0.29) is 5.91 Å². The van der Waals surface area contributed by atoms with Gasteiger partial charge in [0.1, 0.15) is 0 Å². The zero-order valence-corrected chi connectivity index (χ0v) is 11.6. The summed E-state index contributed by atoms with van der Waals surface area (Å²) in [6.07, 6.45) is 2.37. The molecule has 1 saturated carbocycles. The van der Waals surface area contributed by atoms with E-state index in [2.05, 4.69) is 15.6 Å². The average molecular weight is 269 g/mol. The van der Waals surface area contributed by atoms with Crippen LogP contribution in [0.4, 0.5) is 0 Å². The highest BCUT2D eigenvalue weighted by Gasteiger charge is 2.26. The third-order valence-electron chi connectivity index (χ3n) is 3.64. The fraction of sp³-hybridized carbons (Fsp3) is 0.375. The highest BCUT2D eigenvalue weighted by atomic mass is 16.1. The molecule has 1 aromatic heterocycles. The van der Waals surface area contributed by atoms with Crippen LogP contribution in [0.15, 0.2) is 30.3 Å². The molecule has 0 atom stereocenters. The molecule has 0 saturated heterocycles. The van der Waals surface area contributed by atoms with Gasteiger partial charge in [-0.25, -0.2) is 0 Å². The van der Waals surface area contributed by atoms with Crippen molar-refractivity contribution >= 4 is 16.8 Å². The van der Waals surface area contributed by atoms with Crippen molar-refractivity contribution in [2.75, 3.05) is 20.1 Å². The van der Waals surface area contributed by atoms with Crippen LogP contribution in [-0.2, 0) is 0 Å². The number of rotatable bonds is 5. The van der Waals surface area contributed by atoms with Gasteiger partial charge in [0.25, 0.3) is 5.91 Å². The van der Waals surface area contributed by atoms with Crippen molar-refractivity contribution in [2.45, 2.75) is 18.8 Å². The number of likely N-dealkylation sites (N-methyl/N-ethyl adjacent to an activating group) is 1. The van der Waals surface area contributed by atoms with Crippen molar-refractivity contribution < 1.29 is 4.79 Å². The summed E-state index contributed by atoms with van der Waals surface area (Å²) < 4.78 is 0. The smallest absolute Gasteiger partial charge is 0.252 e. The lowest BCUT2D eigenvalue weighted by Crippen LogP contribution is -2.30. The molecule has 0 aliphatic heterocycles. The van der Waals surface area contributed by atoms with Gasteiger partial charge in [-0.2, -0.15) is 0 Å². The van der Waals surface area contributed by atoms with E-state index in [1.54, 1.807) is 0 Å². The first kappa shape index (κ1) is 13.1. The number of fused-ring (bicyclic) bond motifs is 1. The van der Waals surface area contributed by atoms with Gasteiger partial charge in [0, 0.05) is 30.1 Å². The van der Waals surface area contributed by atoms with Crippen LogP contribution >= 0.6 is 0 Å². The summed E-state index contributed by atoms with van der Waals surface area (Å²) in [6, 6.07) is 9.83. The number of benzene rings is 1. The number of carbonyl (C=O) groups is 1. The van der Waals surface area contributed by atoms with E-state index >= 15 is 0 Å². The maximum atomic E-state index is 12.4. The molecule has 0 radical (unpaired) electrons. The molecule has 4 nitrogen and oxygen atoms in total. The van der Waals surface area contributed by atoms with E-state index in [9.17, 15) is 4.79 Å². The highest BCUT2D eigenvalue weighted by molar-refractivity contribution is 6.06. The number of carbonyl (C=O) groups excluding carboxylic acids is 1. The monoisotopic (exact) mass is 269 g/mol. The predicted octanol–water partition coefficient (Wildman–Crippen LogP) is 2.06. The Balaban J connectivity index is 1.96. The van der Waals surface area contributed by atoms with Crippen molar-refractivity contribution in [3.8, 4) is 0 Å². The van der Waals surface area contributed by atoms with E-state index in [0.717, 1.165) is 28.7 Å². The van der Waals surface area contributed by atoms with Crippen LogP contribution in [-0.4, -0.2) is 31.0 Å². The first-order valence-corrected chi connectivity index (χ1v) is 7.12. The molecule has 4 heteroatoms. The lowest BCUT2D eigenvalue weighted by atomic mass is 10.1. The molecule has 2 N–H and O–H groups in total. The lowest BCUT2D eigenvalue weighted by Gasteiger charge is -2.10. The standard InChI is InChI=1S/C16H19N3O/c1-17-8-9-18-16(20)13-10-15(11-6-7-11)19-14-5-3-2-4-12(13)14/h2-5,10-11,17H,6-9H2,1H3,(H,18,20). The van der Waals surface area contributed by atoms with E-state index in [0.29, 0.717) is 12.5 Å². The fourth-order valence-corrected chi connectivity index (χ4v) is 2.37.